The number of nitriles is 1. The molecule has 3 aliphatic rings. The van der Waals surface area contributed by atoms with Crippen molar-refractivity contribution >= 4 is 34.9 Å². The topological polar surface area (TPSA) is 128 Å². The van der Waals surface area contributed by atoms with E-state index in [4.69, 9.17) is 10.00 Å². The number of amides is 4. The molecule has 0 unspecified atom stereocenters. The second-order valence-corrected chi connectivity index (χ2v) is 9.51. The third-order valence-corrected chi connectivity index (χ3v) is 7.32. The Bertz CT molecular complexity index is 1460. The number of carbonyl (C=O) groups is 3. The molecular weight excluding hydrogens is 484 g/mol. The van der Waals surface area contributed by atoms with Crippen LogP contribution in [0.3, 0.4) is 0 Å². The fraction of sp³-hybridized carbons (Fsp3) is 0.250. The molecule has 190 valence electrons. The molecular formula is C28H24N6O4. The highest BCUT2D eigenvalue weighted by atomic mass is 16.5. The van der Waals surface area contributed by atoms with Crippen LogP contribution in [0, 0.1) is 11.3 Å². The molecule has 10 heteroatoms. The number of nitrogens with one attached hydrogen (secondary N) is 2. The van der Waals surface area contributed by atoms with E-state index in [1.165, 1.54) is 0 Å². The van der Waals surface area contributed by atoms with Gasteiger partial charge in [-0.05, 0) is 79.8 Å². The molecule has 0 radical (unpaired) electrons. The zero-order valence-electron chi connectivity index (χ0n) is 20.4. The number of urea groups is 1. The van der Waals surface area contributed by atoms with Gasteiger partial charge in [0.2, 0.25) is 5.88 Å². The quantitative estimate of drug-likeness (QED) is 0.513. The molecule has 4 heterocycles. The summed E-state index contributed by atoms with van der Waals surface area (Å²) < 4.78 is 6.04. The Labute approximate surface area is 218 Å². The summed E-state index contributed by atoms with van der Waals surface area (Å²) in [5.74, 6) is -0.191. The van der Waals surface area contributed by atoms with E-state index in [2.05, 4.69) is 26.6 Å². The average Bonchev–Trinajstić information content (AvgIpc) is 3.38. The summed E-state index contributed by atoms with van der Waals surface area (Å²) in [6, 6.07) is 18.4. The number of barbiturate groups is 1. The Morgan fingerprint density at radius 3 is 2.39 bits per heavy atom. The number of aryl methyl sites for hydroxylation is 1. The lowest BCUT2D eigenvalue weighted by Crippen LogP contribution is -2.71. The van der Waals surface area contributed by atoms with Crippen LogP contribution in [0.25, 0.3) is 0 Å². The molecule has 0 saturated carbocycles. The molecule has 2 N–H and O–H groups in total. The van der Waals surface area contributed by atoms with E-state index in [9.17, 15) is 14.4 Å². The van der Waals surface area contributed by atoms with Gasteiger partial charge in [0.1, 0.15) is 5.75 Å². The standard InChI is InChI=1S/C28H24N6O4/c29-16-18-4-6-20(7-5-18)33-13-1-3-19-15-22(9-10-23(19)33)38-24-11-8-21(17-30-24)34-14-2-12-28(34)25(35)31-27(37)32-26(28)36/h4-11,15,17H,1-3,12-14H2,(H2,31,32,35,36,37). The van der Waals surface area contributed by atoms with Gasteiger partial charge in [-0.25, -0.2) is 9.78 Å². The summed E-state index contributed by atoms with van der Waals surface area (Å²) in [6.07, 6.45) is 4.43. The van der Waals surface area contributed by atoms with E-state index in [0.29, 0.717) is 42.3 Å². The van der Waals surface area contributed by atoms with Crippen LogP contribution >= 0.6 is 0 Å². The SMILES string of the molecule is N#Cc1ccc(N2CCCc3cc(Oc4ccc(N5CCCC56C(=O)NC(=O)NC6=O)cn4)ccc32)cc1. The number of fused-ring (bicyclic) bond motifs is 1. The minimum Gasteiger partial charge on any atom is -0.439 e. The number of benzene rings is 2. The van der Waals surface area contributed by atoms with E-state index >= 15 is 0 Å². The molecule has 1 aromatic heterocycles. The van der Waals surface area contributed by atoms with Crippen LogP contribution in [0.2, 0.25) is 0 Å². The summed E-state index contributed by atoms with van der Waals surface area (Å²) in [7, 11) is 0. The fourth-order valence-electron chi connectivity index (χ4n) is 5.52. The monoisotopic (exact) mass is 508 g/mol. The second-order valence-electron chi connectivity index (χ2n) is 9.51. The molecule has 0 bridgehead atoms. The van der Waals surface area contributed by atoms with Crippen molar-refractivity contribution in [3.63, 3.8) is 0 Å². The van der Waals surface area contributed by atoms with Gasteiger partial charge in [-0.15, -0.1) is 0 Å². The van der Waals surface area contributed by atoms with Crippen molar-refractivity contribution in [2.75, 3.05) is 22.9 Å². The highest BCUT2D eigenvalue weighted by Crippen LogP contribution is 2.38. The molecule has 3 aliphatic heterocycles. The fourth-order valence-corrected chi connectivity index (χ4v) is 5.52. The highest BCUT2D eigenvalue weighted by molar-refractivity contribution is 6.24. The van der Waals surface area contributed by atoms with E-state index in [-0.39, 0.29) is 0 Å². The number of aromatic nitrogens is 1. The van der Waals surface area contributed by atoms with Crippen molar-refractivity contribution in [2.45, 2.75) is 31.2 Å². The summed E-state index contributed by atoms with van der Waals surface area (Å²) in [5, 5.41) is 13.5. The van der Waals surface area contributed by atoms with E-state index in [1.807, 2.05) is 42.5 Å². The molecule has 2 saturated heterocycles. The molecule has 0 atom stereocenters. The third kappa shape index (κ3) is 3.89. The Kier molecular flexibility index (Phi) is 5.68. The van der Waals surface area contributed by atoms with Gasteiger partial charge in [0.25, 0.3) is 11.8 Å². The van der Waals surface area contributed by atoms with E-state index in [1.54, 1.807) is 23.2 Å². The van der Waals surface area contributed by atoms with Gasteiger partial charge in [-0.1, -0.05) is 0 Å². The summed E-state index contributed by atoms with van der Waals surface area (Å²) in [4.78, 5) is 45.3. The van der Waals surface area contributed by atoms with Crippen molar-refractivity contribution in [3.05, 3.63) is 71.9 Å². The first kappa shape index (κ1) is 23.5. The molecule has 1 spiro atoms. The van der Waals surface area contributed by atoms with Gasteiger partial charge in [-0.3, -0.25) is 20.2 Å². The van der Waals surface area contributed by atoms with Crippen molar-refractivity contribution < 1.29 is 19.1 Å². The van der Waals surface area contributed by atoms with Gasteiger partial charge in [-0.2, -0.15) is 5.26 Å². The third-order valence-electron chi connectivity index (χ3n) is 7.32. The first-order chi connectivity index (χ1) is 18.5. The van der Waals surface area contributed by atoms with Crippen LogP contribution in [0.4, 0.5) is 21.9 Å². The maximum Gasteiger partial charge on any atom is 0.328 e. The molecule has 2 aromatic carbocycles. The number of nitrogens with zero attached hydrogens (tertiary/aromatic N) is 4. The molecule has 38 heavy (non-hydrogen) atoms. The van der Waals surface area contributed by atoms with Gasteiger partial charge in [0, 0.05) is 30.5 Å². The largest absolute Gasteiger partial charge is 0.439 e. The first-order valence-electron chi connectivity index (χ1n) is 12.5. The van der Waals surface area contributed by atoms with Crippen molar-refractivity contribution in [1.29, 1.82) is 5.26 Å². The van der Waals surface area contributed by atoms with Crippen molar-refractivity contribution in [3.8, 4) is 17.7 Å². The van der Waals surface area contributed by atoms with Crippen LogP contribution in [-0.2, 0) is 16.0 Å². The number of carbonyl (C=O) groups excluding carboxylic acids is 3. The lowest BCUT2D eigenvalue weighted by molar-refractivity contribution is -0.137. The van der Waals surface area contributed by atoms with Gasteiger partial charge in [0.15, 0.2) is 5.54 Å². The predicted octanol–water partition coefficient (Wildman–Crippen LogP) is 3.53. The second kappa shape index (κ2) is 9.19. The number of anilines is 3. The molecule has 0 aliphatic carbocycles. The molecule has 4 amide bonds. The lowest BCUT2D eigenvalue weighted by atomic mass is 9.92. The summed E-state index contributed by atoms with van der Waals surface area (Å²) >= 11 is 0. The minimum absolute atomic E-state index is 0.310. The maximum atomic E-state index is 12.7. The number of rotatable bonds is 4. The Morgan fingerprint density at radius 1 is 0.921 bits per heavy atom. The highest BCUT2D eigenvalue weighted by Gasteiger charge is 2.57. The lowest BCUT2D eigenvalue weighted by Gasteiger charge is -2.38. The van der Waals surface area contributed by atoms with E-state index in [0.717, 1.165) is 36.3 Å². The maximum absolute atomic E-state index is 12.7. The van der Waals surface area contributed by atoms with Crippen molar-refractivity contribution in [1.82, 2.24) is 15.6 Å². The molecule has 3 aromatic rings. The van der Waals surface area contributed by atoms with Crippen LogP contribution in [-0.4, -0.2) is 41.5 Å². The zero-order valence-corrected chi connectivity index (χ0v) is 20.4. The van der Waals surface area contributed by atoms with Crippen LogP contribution < -0.4 is 25.2 Å². The Balaban J connectivity index is 1.20. The zero-order chi connectivity index (χ0) is 26.3. The van der Waals surface area contributed by atoms with Crippen LogP contribution in [0.1, 0.15) is 30.4 Å². The molecule has 10 nitrogen and oxygen atoms in total. The summed E-state index contributed by atoms with van der Waals surface area (Å²) in [5.41, 5.74) is 3.08. The van der Waals surface area contributed by atoms with Gasteiger partial charge >= 0.3 is 6.03 Å². The normalized spacial score (nSPS) is 18.0. The van der Waals surface area contributed by atoms with E-state index < -0.39 is 23.4 Å². The summed E-state index contributed by atoms with van der Waals surface area (Å²) in [6.45, 7) is 1.38. The molecule has 6 rings (SSSR count). The first-order valence-corrected chi connectivity index (χ1v) is 12.5. The van der Waals surface area contributed by atoms with Crippen LogP contribution in [0.15, 0.2) is 60.8 Å². The smallest absolute Gasteiger partial charge is 0.328 e. The van der Waals surface area contributed by atoms with Crippen molar-refractivity contribution in [2.24, 2.45) is 0 Å². The number of imide groups is 2. The van der Waals surface area contributed by atoms with Crippen LogP contribution in [0.5, 0.6) is 11.6 Å². The Morgan fingerprint density at radius 2 is 1.68 bits per heavy atom. The number of hydrogen-bond donors (Lipinski definition) is 2. The predicted molar refractivity (Wildman–Crippen MR) is 138 cm³/mol. The van der Waals surface area contributed by atoms with Gasteiger partial charge < -0.3 is 14.5 Å². The minimum atomic E-state index is -1.46. The molecule has 2 fully saturated rings. The van der Waals surface area contributed by atoms with Gasteiger partial charge in [0.05, 0.1) is 23.5 Å². The number of hydrogen-bond acceptors (Lipinski definition) is 8. The Hall–Kier alpha value is -4.91. The number of pyridine rings is 1. The number of ether oxygens (including phenoxy) is 1. The average molecular weight is 509 g/mol.